The van der Waals surface area contributed by atoms with Gasteiger partial charge < -0.3 is 15.0 Å². The van der Waals surface area contributed by atoms with E-state index in [9.17, 15) is 9.59 Å². The number of rotatable bonds is 10. The van der Waals surface area contributed by atoms with Crippen molar-refractivity contribution in [1.82, 2.24) is 10.2 Å². The number of aryl methyl sites for hydroxylation is 3. The molecule has 0 aliphatic heterocycles. The predicted octanol–water partition coefficient (Wildman–Crippen LogP) is 4.57. The average molecular weight is 425 g/mol. The van der Waals surface area contributed by atoms with Gasteiger partial charge in [0, 0.05) is 13.1 Å². The average Bonchev–Trinajstić information content (AvgIpc) is 2.71. The number of ether oxygens (including phenoxy) is 1. The molecule has 168 valence electrons. The summed E-state index contributed by atoms with van der Waals surface area (Å²) in [7, 11) is 0. The van der Waals surface area contributed by atoms with Crippen molar-refractivity contribution in [1.29, 1.82) is 0 Å². The van der Waals surface area contributed by atoms with E-state index in [-0.39, 0.29) is 18.4 Å². The normalized spacial score (nSPS) is 11.8. The number of carbonyl (C=O) groups is 2. The molecule has 0 heterocycles. The Morgan fingerprint density at radius 3 is 2.35 bits per heavy atom. The molecule has 0 spiro atoms. The van der Waals surface area contributed by atoms with Gasteiger partial charge in [-0.2, -0.15) is 0 Å². The van der Waals surface area contributed by atoms with Crippen molar-refractivity contribution in [3.63, 3.8) is 0 Å². The fraction of sp³-hybridized carbons (Fsp3) is 0.462. The second kappa shape index (κ2) is 11.5. The maximum atomic E-state index is 13.2. The van der Waals surface area contributed by atoms with Crippen LogP contribution in [0, 0.1) is 26.7 Å². The van der Waals surface area contributed by atoms with Crippen molar-refractivity contribution in [2.24, 2.45) is 5.92 Å². The standard InChI is InChI=1S/C26H36N2O3/c1-7-23(26(30)27-15-18(2)3)28(16-22-10-8-9-19(4)14-22)25(29)17-31-24-12-11-20(5)13-21(24)6/h8-14,18,23H,7,15-17H2,1-6H3,(H,27,30)/t23-/m1/s1. The van der Waals surface area contributed by atoms with Crippen LogP contribution in [0.25, 0.3) is 0 Å². The number of carbonyl (C=O) groups excluding carboxylic acids is 2. The van der Waals surface area contributed by atoms with Crippen LogP contribution in [0.15, 0.2) is 42.5 Å². The maximum Gasteiger partial charge on any atom is 0.261 e. The second-order valence-electron chi connectivity index (χ2n) is 8.63. The Kier molecular flexibility index (Phi) is 9.10. The van der Waals surface area contributed by atoms with Crippen LogP contribution in [0.4, 0.5) is 0 Å². The lowest BCUT2D eigenvalue weighted by Gasteiger charge is -2.31. The molecular formula is C26H36N2O3. The van der Waals surface area contributed by atoms with Crippen molar-refractivity contribution in [2.75, 3.05) is 13.2 Å². The van der Waals surface area contributed by atoms with Crippen LogP contribution in [0.2, 0.25) is 0 Å². The van der Waals surface area contributed by atoms with Gasteiger partial charge in [-0.15, -0.1) is 0 Å². The van der Waals surface area contributed by atoms with Gasteiger partial charge >= 0.3 is 0 Å². The fourth-order valence-corrected chi connectivity index (χ4v) is 3.53. The third-order valence-electron chi connectivity index (χ3n) is 5.19. The first-order valence-corrected chi connectivity index (χ1v) is 11.0. The smallest absolute Gasteiger partial charge is 0.261 e. The van der Waals surface area contributed by atoms with Gasteiger partial charge in [0.15, 0.2) is 6.61 Å². The van der Waals surface area contributed by atoms with Gasteiger partial charge in [0.1, 0.15) is 11.8 Å². The van der Waals surface area contributed by atoms with E-state index < -0.39 is 6.04 Å². The molecule has 0 aliphatic carbocycles. The van der Waals surface area contributed by atoms with E-state index in [1.165, 1.54) is 0 Å². The number of benzene rings is 2. The summed E-state index contributed by atoms with van der Waals surface area (Å²) in [5.41, 5.74) is 4.24. The number of hydrogen-bond acceptors (Lipinski definition) is 3. The summed E-state index contributed by atoms with van der Waals surface area (Å²) < 4.78 is 5.85. The molecule has 0 unspecified atom stereocenters. The molecular weight excluding hydrogens is 388 g/mol. The minimum Gasteiger partial charge on any atom is -0.483 e. The van der Waals surface area contributed by atoms with Gasteiger partial charge in [0.05, 0.1) is 0 Å². The Labute approximate surface area is 186 Å². The van der Waals surface area contributed by atoms with Crippen molar-refractivity contribution < 1.29 is 14.3 Å². The molecule has 1 N–H and O–H groups in total. The maximum absolute atomic E-state index is 13.2. The number of nitrogens with zero attached hydrogens (tertiary/aromatic N) is 1. The molecule has 2 rings (SSSR count). The van der Waals surface area contributed by atoms with E-state index in [0.29, 0.717) is 31.2 Å². The van der Waals surface area contributed by atoms with Crippen LogP contribution < -0.4 is 10.1 Å². The van der Waals surface area contributed by atoms with Gasteiger partial charge in [0.2, 0.25) is 5.91 Å². The van der Waals surface area contributed by atoms with Crippen molar-refractivity contribution in [2.45, 2.75) is 60.5 Å². The predicted molar refractivity (Wildman–Crippen MR) is 125 cm³/mol. The first-order valence-electron chi connectivity index (χ1n) is 11.0. The van der Waals surface area contributed by atoms with Crippen molar-refractivity contribution >= 4 is 11.8 Å². The number of hydrogen-bond donors (Lipinski definition) is 1. The van der Waals surface area contributed by atoms with Gasteiger partial charge in [-0.05, 0) is 50.3 Å². The van der Waals surface area contributed by atoms with Crippen LogP contribution in [0.5, 0.6) is 5.75 Å². The zero-order chi connectivity index (χ0) is 23.0. The van der Waals surface area contributed by atoms with Crippen LogP contribution >= 0.6 is 0 Å². The van der Waals surface area contributed by atoms with Crippen LogP contribution in [0.1, 0.15) is 49.4 Å². The summed E-state index contributed by atoms with van der Waals surface area (Å²) in [5.74, 6) is 0.707. The Morgan fingerprint density at radius 2 is 1.74 bits per heavy atom. The van der Waals surface area contributed by atoms with Gasteiger partial charge in [-0.3, -0.25) is 9.59 Å². The van der Waals surface area contributed by atoms with Crippen molar-refractivity contribution in [3.05, 3.63) is 64.7 Å². The molecule has 0 aromatic heterocycles. The fourth-order valence-electron chi connectivity index (χ4n) is 3.53. The Balaban J connectivity index is 2.21. The summed E-state index contributed by atoms with van der Waals surface area (Å²) in [6, 6.07) is 13.3. The quantitative estimate of drug-likeness (QED) is 0.608. The molecule has 0 fully saturated rings. The molecule has 0 saturated heterocycles. The molecule has 31 heavy (non-hydrogen) atoms. The largest absolute Gasteiger partial charge is 0.483 e. The molecule has 0 saturated carbocycles. The second-order valence-corrected chi connectivity index (χ2v) is 8.63. The van der Waals surface area contributed by atoms with E-state index in [1.54, 1.807) is 4.90 Å². The Morgan fingerprint density at radius 1 is 1.03 bits per heavy atom. The SMILES string of the molecule is CC[C@H](C(=O)NCC(C)C)N(Cc1cccc(C)c1)C(=O)COc1ccc(C)cc1C. The molecule has 2 amide bonds. The molecule has 1 atom stereocenters. The first kappa shape index (κ1) is 24.4. The van der Waals surface area contributed by atoms with Gasteiger partial charge in [-0.1, -0.05) is 68.3 Å². The Hall–Kier alpha value is -2.82. The number of nitrogens with one attached hydrogen (secondary N) is 1. The highest BCUT2D eigenvalue weighted by molar-refractivity contribution is 5.88. The minimum atomic E-state index is -0.547. The van der Waals surface area contributed by atoms with E-state index in [1.807, 2.05) is 70.2 Å². The molecule has 0 aliphatic rings. The van der Waals surface area contributed by atoms with Crippen LogP contribution in [0.3, 0.4) is 0 Å². The molecule has 0 bridgehead atoms. The molecule has 2 aromatic carbocycles. The third-order valence-corrected chi connectivity index (χ3v) is 5.19. The monoisotopic (exact) mass is 424 g/mol. The lowest BCUT2D eigenvalue weighted by molar-refractivity contribution is -0.143. The molecule has 2 aromatic rings. The number of amides is 2. The van der Waals surface area contributed by atoms with Crippen molar-refractivity contribution in [3.8, 4) is 5.75 Å². The van der Waals surface area contributed by atoms with E-state index in [4.69, 9.17) is 4.74 Å². The highest BCUT2D eigenvalue weighted by atomic mass is 16.5. The zero-order valence-electron chi connectivity index (χ0n) is 19.7. The van der Waals surface area contributed by atoms with Crippen LogP contribution in [-0.4, -0.2) is 35.9 Å². The van der Waals surface area contributed by atoms with Crippen LogP contribution in [-0.2, 0) is 16.1 Å². The highest BCUT2D eigenvalue weighted by Gasteiger charge is 2.29. The van der Waals surface area contributed by atoms with Gasteiger partial charge in [0.25, 0.3) is 5.91 Å². The highest BCUT2D eigenvalue weighted by Crippen LogP contribution is 2.20. The summed E-state index contributed by atoms with van der Waals surface area (Å²) in [5, 5.41) is 2.98. The molecule has 0 radical (unpaired) electrons. The van der Waals surface area contributed by atoms with E-state index in [2.05, 4.69) is 19.2 Å². The van der Waals surface area contributed by atoms with E-state index >= 15 is 0 Å². The zero-order valence-corrected chi connectivity index (χ0v) is 19.7. The Bertz CT molecular complexity index is 892. The third kappa shape index (κ3) is 7.42. The molecule has 5 heteroatoms. The summed E-state index contributed by atoms with van der Waals surface area (Å²) in [4.78, 5) is 27.8. The lowest BCUT2D eigenvalue weighted by atomic mass is 10.1. The summed E-state index contributed by atoms with van der Waals surface area (Å²) >= 11 is 0. The lowest BCUT2D eigenvalue weighted by Crippen LogP contribution is -2.50. The summed E-state index contributed by atoms with van der Waals surface area (Å²) in [6.07, 6.45) is 0.533. The first-order chi connectivity index (χ1) is 14.7. The van der Waals surface area contributed by atoms with E-state index in [0.717, 1.165) is 22.3 Å². The minimum absolute atomic E-state index is 0.107. The summed E-state index contributed by atoms with van der Waals surface area (Å²) in [6.45, 7) is 12.9. The van der Waals surface area contributed by atoms with Gasteiger partial charge in [-0.25, -0.2) is 0 Å². The molecule has 5 nitrogen and oxygen atoms in total. The topological polar surface area (TPSA) is 58.6 Å².